The van der Waals surface area contributed by atoms with Crippen LogP contribution in [-0.2, 0) is 31.6 Å². The lowest BCUT2D eigenvalue weighted by Gasteiger charge is -2.19. The van der Waals surface area contributed by atoms with Gasteiger partial charge in [0.2, 0.25) is 0 Å². The molecule has 0 amide bonds. The maximum atomic E-state index is 11.9. The second-order valence-corrected chi connectivity index (χ2v) is 12.2. The van der Waals surface area contributed by atoms with E-state index in [-0.39, 0.29) is 17.0 Å². The third-order valence-corrected chi connectivity index (χ3v) is 8.79. The van der Waals surface area contributed by atoms with Crippen LogP contribution in [0.25, 0.3) is 11.2 Å². The molecule has 1 saturated heterocycles. The highest BCUT2D eigenvalue weighted by molar-refractivity contribution is 7.99. The van der Waals surface area contributed by atoms with Crippen molar-refractivity contribution in [1.29, 1.82) is 0 Å². The second-order valence-electron chi connectivity index (χ2n) is 6.56. The summed E-state index contributed by atoms with van der Waals surface area (Å²) in [6, 6.07) is 0. The quantitative estimate of drug-likeness (QED) is 0.140. The van der Waals surface area contributed by atoms with Crippen LogP contribution < -0.4 is 5.73 Å². The van der Waals surface area contributed by atoms with Gasteiger partial charge in [-0.2, -0.15) is 8.62 Å². The maximum Gasteiger partial charge on any atom is 0.490 e. The Labute approximate surface area is 194 Å². The molecule has 6 unspecified atom stereocenters. The number of imidazole rings is 1. The average Bonchev–Trinajstić information content (AvgIpc) is 3.16. The van der Waals surface area contributed by atoms with E-state index in [9.17, 15) is 33.7 Å². The summed E-state index contributed by atoms with van der Waals surface area (Å²) in [7, 11) is -16.7. The van der Waals surface area contributed by atoms with E-state index in [4.69, 9.17) is 20.3 Å². The number of nitrogens with zero attached hydrogens (tertiary/aromatic N) is 4. The van der Waals surface area contributed by atoms with Gasteiger partial charge in [0, 0.05) is 0 Å². The number of nitrogen functional groups attached to an aromatic ring is 1. The molecule has 18 nitrogen and oxygen atoms in total. The Morgan fingerprint density at radius 1 is 1.12 bits per heavy atom. The van der Waals surface area contributed by atoms with E-state index in [2.05, 4.69) is 28.1 Å². The lowest BCUT2D eigenvalue weighted by Crippen LogP contribution is -2.33. The second kappa shape index (κ2) is 10.2. The highest BCUT2D eigenvalue weighted by Crippen LogP contribution is 2.66. The van der Waals surface area contributed by atoms with Crippen molar-refractivity contribution in [3.63, 3.8) is 0 Å². The maximum absolute atomic E-state index is 11.9. The molecule has 2 aromatic heterocycles. The van der Waals surface area contributed by atoms with Crippen molar-refractivity contribution in [3.05, 3.63) is 6.33 Å². The minimum atomic E-state index is -5.72. The van der Waals surface area contributed by atoms with E-state index >= 15 is 0 Å². The number of aromatic nitrogens is 4. The number of rotatable bonds is 10. The molecule has 1 fully saturated rings. The number of thioether (sulfide) groups is 1. The zero-order valence-corrected chi connectivity index (χ0v) is 20.5. The first-order chi connectivity index (χ1) is 15.6. The number of nitrogens with two attached hydrogens (primary N) is 1. The average molecular weight is 567 g/mol. The third kappa shape index (κ3) is 6.40. The van der Waals surface area contributed by atoms with E-state index in [1.54, 1.807) is 0 Å². The molecule has 0 aliphatic carbocycles. The SMILES string of the molecule is CCSc1nc2c(N)ncnc2n1C1OC(COP(=O)(O)OP(=O)(O)OP(=O)(O)O)C(O)C1O. The first-order valence-corrected chi connectivity index (χ1v) is 14.6. The predicted molar refractivity (Wildman–Crippen MR) is 112 cm³/mol. The van der Waals surface area contributed by atoms with Crippen molar-refractivity contribution < 1.29 is 61.4 Å². The Bertz CT molecular complexity index is 1190. The summed E-state index contributed by atoms with van der Waals surface area (Å²) in [6.07, 6.45) is -4.92. The van der Waals surface area contributed by atoms with E-state index in [1.165, 1.54) is 16.3 Å². The van der Waals surface area contributed by atoms with Gasteiger partial charge in [-0.05, 0) is 5.75 Å². The van der Waals surface area contributed by atoms with Crippen molar-refractivity contribution in [2.24, 2.45) is 0 Å². The van der Waals surface area contributed by atoms with Gasteiger partial charge in [-0.3, -0.25) is 9.09 Å². The van der Waals surface area contributed by atoms with Gasteiger partial charge >= 0.3 is 23.5 Å². The summed E-state index contributed by atoms with van der Waals surface area (Å²) >= 11 is 1.24. The summed E-state index contributed by atoms with van der Waals surface area (Å²) in [6.45, 7) is 0.869. The molecular weight excluding hydrogens is 547 g/mol. The Morgan fingerprint density at radius 2 is 1.79 bits per heavy atom. The van der Waals surface area contributed by atoms with Crippen LogP contribution in [0.1, 0.15) is 13.2 Å². The van der Waals surface area contributed by atoms with E-state index < -0.39 is 54.6 Å². The fraction of sp³-hybridized carbons (Fsp3) is 0.583. The lowest BCUT2D eigenvalue weighted by molar-refractivity contribution is -0.0540. The molecule has 1 aliphatic heterocycles. The third-order valence-electron chi connectivity index (χ3n) is 4.16. The molecule has 22 heteroatoms. The van der Waals surface area contributed by atoms with E-state index in [0.717, 1.165) is 6.33 Å². The molecule has 0 radical (unpaired) electrons. The molecule has 2 aromatic rings. The van der Waals surface area contributed by atoms with Crippen LogP contribution in [0.5, 0.6) is 0 Å². The first-order valence-electron chi connectivity index (χ1n) is 9.05. The van der Waals surface area contributed by atoms with Crippen LogP contribution in [0.15, 0.2) is 11.5 Å². The van der Waals surface area contributed by atoms with Gasteiger partial charge in [0.15, 0.2) is 28.4 Å². The molecule has 0 saturated carbocycles. The highest BCUT2D eigenvalue weighted by Gasteiger charge is 2.47. The van der Waals surface area contributed by atoms with Crippen molar-refractivity contribution in [2.75, 3.05) is 18.1 Å². The van der Waals surface area contributed by atoms with Crippen LogP contribution in [-0.4, -0.2) is 80.0 Å². The molecule has 192 valence electrons. The smallest absolute Gasteiger partial charge is 0.387 e. The standard InChI is InChI=1S/C12H20N5O13P3S/c1-2-34-12-16-6-9(13)14-4-15-10(6)17(12)11-8(19)7(18)5(28-11)3-27-32(23,24)30-33(25,26)29-31(20,21)22/h4-5,7-8,11,18-19H,2-3H2,1H3,(H,23,24)(H,25,26)(H2,13,14,15)(H2,20,21,22). The molecule has 3 rings (SSSR count). The fourth-order valence-electron chi connectivity index (χ4n) is 2.92. The summed E-state index contributed by atoms with van der Waals surface area (Å²) in [4.78, 5) is 48.1. The summed E-state index contributed by atoms with van der Waals surface area (Å²) < 4.78 is 52.6. The summed E-state index contributed by atoms with van der Waals surface area (Å²) in [5.74, 6) is 0.608. The zero-order valence-electron chi connectivity index (χ0n) is 17.0. The van der Waals surface area contributed by atoms with Crippen LogP contribution in [0, 0.1) is 0 Å². The molecular formula is C12H20N5O13P3S. The minimum Gasteiger partial charge on any atom is -0.387 e. The van der Waals surface area contributed by atoms with Gasteiger partial charge in [-0.25, -0.2) is 28.6 Å². The number of ether oxygens (including phenoxy) is 1. The van der Waals surface area contributed by atoms with Crippen molar-refractivity contribution in [1.82, 2.24) is 19.5 Å². The van der Waals surface area contributed by atoms with Gasteiger partial charge in [0.25, 0.3) is 0 Å². The first kappa shape index (κ1) is 27.6. The predicted octanol–water partition coefficient (Wildman–Crippen LogP) is -0.517. The molecule has 0 aromatic carbocycles. The van der Waals surface area contributed by atoms with Crippen molar-refractivity contribution in [2.45, 2.75) is 36.6 Å². The summed E-state index contributed by atoms with van der Waals surface area (Å²) in [5.41, 5.74) is 6.21. The number of aliphatic hydroxyl groups excluding tert-OH is 2. The van der Waals surface area contributed by atoms with Crippen molar-refractivity contribution in [3.8, 4) is 0 Å². The van der Waals surface area contributed by atoms with Gasteiger partial charge < -0.3 is 40.3 Å². The van der Waals surface area contributed by atoms with E-state index in [0.29, 0.717) is 10.9 Å². The minimum absolute atomic E-state index is 0.0546. The Morgan fingerprint density at radius 3 is 2.41 bits per heavy atom. The number of anilines is 1. The number of phosphoric ester groups is 1. The molecule has 0 bridgehead atoms. The van der Waals surface area contributed by atoms with Gasteiger partial charge in [0.05, 0.1) is 6.61 Å². The van der Waals surface area contributed by atoms with Gasteiger partial charge in [-0.1, -0.05) is 18.7 Å². The normalized spacial score (nSPS) is 27.0. The number of hydrogen-bond donors (Lipinski definition) is 7. The summed E-state index contributed by atoms with van der Waals surface area (Å²) in [5, 5.41) is 21.2. The topological polar surface area (TPSA) is 279 Å². The van der Waals surface area contributed by atoms with Crippen LogP contribution in [0.3, 0.4) is 0 Å². The van der Waals surface area contributed by atoms with Crippen LogP contribution in [0.4, 0.5) is 5.82 Å². The molecule has 8 N–H and O–H groups in total. The zero-order chi connectivity index (χ0) is 25.5. The lowest BCUT2D eigenvalue weighted by atomic mass is 10.1. The van der Waals surface area contributed by atoms with E-state index in [1.807, 2.05) is 6.92 Å². The van der Waals surface area contributed by atoms with Crippen molar-refractivity contribution >= 4 is 52.2 Å². The molecule has 6 atom stereocenters. The van der Waals surface area contributed by atoms with Gasteiger partial charge in [0.1, 0.15) is 24.6 Å². The number of aliphatic hydroxyl groups is 2. The molecule has 0 spiro atoms. The number of hydrogen-bond acceptors (Lipinski definition) is 14. The largest absolute Gasteiger partial charge is 0.490 e. The monoisotopic (exact) mass is 567 g/mol. The Kier molecular flexibility index (Phi) is 8.24. The fourth-order valence-corrected chi connectivity index (χ4v) is 6.69. The Balaban J connectivity index is 1.78. The Hall–Kier alpha value is -1.01. The highest BCUT2D eigenvalue weighted by atomic mass is 32.2. The molecule has 1 aliphatic rings. The number of fused-ring (bicyclic) bond motifs is 1. The van der Waals surface area contributed by atoms with Crippen LogP contribution in [0.2, 0.25) is 0 Å². The van der Waals surface area contributed by atoms with Gasteiger partial charge in [-0.15, -0.1) is 0 Å². The molecule has 3 heterocycles. The van der Waals surface area contributed by atoms with Crippen LogP contribution >= 0.6 is 35.2 Å². The molecule has 34 heavy (non-hydrogen) atoms. The number of phosphoric acid groups is 3.